The van der Waals surface area contributed by atoms with Crippen LogP contribution in [0.5, 0.6) is 23.0 Å². The van der Waals surface area contributed by atoms with E-state index in [-0.39, 0.29) is 0 Å². The first-order valence-corrected chi connectivity index (χ1v) is 11.2. The van der Waals surface area contributed by atoms with Gasteiger partial charge in [0.2, 0.25) is 0 Å². The van der Waals surface area contributed by atoms with Crippen molar-refractivity contribution < 1.29 is 18.9 Å². The molecule has 0 unspecified atom stereocenters. The zero-order valence-corrected chi connectivity index (χ0v) is 19.7. The predicted octanol–water partition coefficient (Wildman–Crippen LogP) is 7.03. The molecule has 0 saturated heterocycles. The second-order valence-corrected chi connectivity index (χ2v) is 8.12. The van der Waals surface area contributed by atoms with Crippen LogP contribution in [0.3, 0.4) is 0 Å². The maximum atomic E-state index is 5.87. The van der Waals surface area contributed by atoms with Gasteiger partial charge >= 0.3 is 0 Å². The molecular weight excluding hydrogens is 488 g/mol. The second kappa shape index (κ2) is 12.9. The van der Waals surface area contributed by atoms with Crippen molar-refractivity contribution in [3.8, 4) is 23.0 Å². The number of hydrogen-bond donors (Lipinski definition) is 0. The molecule has 154 valence electrons. The molecule has 28 heavy (non-hydrogen) atoms. The standard InChI is InChI=1S/C22H28Br2O4/c1-25-17-9-11-18(12-10-17)27-13-7-5-3-4-6-8-14-28-22-16-19(23)21(26-2)15-20(22)24/h9-12,15-16H,3-8,13-14H2,1-2H3. The third-order valence-electron chi connectivity index (χ3n) is 4.33. The molecule has 4 nitrogen and oxygen atoms in total. The van der Waals surface area contributed by atoms with Crippen LogP contribution in [-0.4, -0.2) is 27.4 Å². The minimum absolute atomic E-state index is 0.720. The highest BCUT2D eigenvalue weighted by atomic mass is 79.9. The van der Waals surface area contributed by atoms with Crippen LogP contribution in [0.2, 0.25) is 0 Å². The molecule has 0 bridgehead atoms. The van der Waals surface area contributed by atoms with Gasteiger partial charge in [-0.2, -0.15) is 0 Å². The van der Waals surface area contributed by atoms with Gasteiger partial charge in [0.05, 0.1) is 36.4 Å². The van der Waals surface area contributed by atoms with E-state index in [1.165, 1.54) is 25.7 Å². The molecule has 2 rings (SSSR count). The molecule has 0 fully saturated rings. The van der Waals surface area contributed by atoms with Gasteiger partial charge in [-0.25, -0.2) is 0 Å². The lowest BCUT2D eigenvalue weighted by atomic mass is 10.1. The van der Waals surface area contributed by atoms with Crippen LogP contribution in [0.1, 0.15) is 38.5 Å². The number of halogens is 2. The first-order chi connectivity index (χ1) is 13.6. The highest BCUT2D eigenvalue weighted by Crippen LogP contribution is 2.36. The summed E-state index contributed by atoms with van der Waals surface area (Å²) in [5.41, 5.74) is 0. The summed E-state index contributed by atoms with van der Waals surface area (Å²) in [5.74, 6) is 3.37. The van der Waals surface area contributed by atoms with E-state index in [1.807, 2.05) is 36.4 Å². The Morgan fingerprint density at radius 1 is 0.607 bits per heavy atom. The Labute approximate surface area is 184 Å². The van der Waals surface area contributed by atoms with Crippen molar-refractivity contribution in [1.82, 2.24) is 0 Å². The number of benzene rings is 2. The minimum Gasteiger partial charge on any atom is -0.497 e. The Kier molecular flexibility index (Phi) is 10.6. The van der Waals surface area contributed by atoms with Crippen molar-refractivity contribution in [3.63, 3.8) is 0 Å². The van der Waals surface area contributed by atoms with Crippen molar-refractivity contribution in [2.75, 3.05) is 27.4 Å². The van der Waals surface area contributed by atoms with Gasteiger partial charge < -0.3 is 18.9 Å². The minimum atomic E-state index is 0.720. The number of methoxy groups -OCH3 is 2. The van der Waals surface area contributed by atoms with Crippen molar-refractivity contribution in [2.45, 2.75) is 38.5 Å². The molecule has 0 aliphatic heterocycles. The summed E-state index contributed by atoms with van der Waals surface area (Å²) in [6.07, 6.45) is 6.94. The summed E-state index contributed by atoms with van der Waals surface area (Å²) in [5, 5.41) is 0. The molecule has 6 heteroatoms. The fourth-order valence-electron chi connectivity index (χ4n) is 2.73. The fraction of sp³-hybridized carbons (Fsp3) is 0.455. The monoisotopic (exact) mass is 514 g/mol. The van der Waals surface area contributed by atoms with Gasteiger partial charge in [-0.1, -0.05) is 25.7 Å². The van der Waals surface area contributed by atoms with Crippen LogP contribution < -0.4 is 18.9 Å². The predicted molar refractivity (Wildman–Crippen MR) is 120 cm³/mol. The van der Waals surface area contributed by atoms with Gasteiger partial charge in [-0.05, 0) is 81.1 Å². The lowest BCUT2D eigenvalue weighted by Gasteiger charge is -2.11. The van der Waals surface area contributed by atoms with E-state index >= 15 is 0 Å². The van der Waals surface area contributed by atoms with Crippen molar-refractivity contribution in [3.05, 3.63) is 45.3 Å². The maximum Gasteiger partial charge on any atom is 0.134 e. The molecule has 2 aromatic carbocycles. The van der Waals surface area contributed by atoms with Crippen LogP contribution in [0.15, 0.2) is 45.3 Å². The van der Waals surface area contributed by atoms with E-state index in [2.05, 4.69) is 31.9 Å². The Morgan fingerprint density at radius 3 is 1.71 bits per heavy atom. The van der Waals surface area contributed by atoms with Gasteiger partial charge in [0.25, 0.3) is 0 Å². The molecule has 0 heterocycles. The Balaban J connectivity index is 1.49. The Bertz CT molecular complexity index is 704. The molecule has 0 aromatic heterocycles. The van der Waals surface area contributed by atoms with Crippen LogP contribution in [-0.2, 0) is 0 Å². The topological polar surface area (TPSA) is 36.9 Å². The zero-order valence-electron chi connectivity index (χ0n) is 16.5. The van der Waals surface area contributed by atoms with E-state index in [0.717, 1.165) is 58.0 Å². The first kappa shape index (κ1) is 22.9. The lowest BCUT2D eigenvalue weighted by Crippen LogP contribution is -1.99. The highest BCUT2D eigenvalue weighted by molar-refractivity contribution is 9.11. The average molecular weight is 516 g/mol. The van der Waals surface area contributed by atoms with E-state index < -0.39 is 0 Å². The van der Waals surface area contributed by atoms with Gasteiger partial charge in [-0.15, -0.1) is 0 Å². The van der Waals surface area contributed by atoms with E-state index in [0.29, 0.717) is 0 Å². The van der Waals surface area contributed by atoms with Crippen molar-refractivity contribution in [1.29, 1.82) is 0 Å². The van der Waals surface area contributed by atoms with Gasteiger partial charge in [-0.3, -0.25) is 0 Å². The molecule has 0 aliphatic rings. The van der Waals surface area contributed by atoms with Gasteiger partial charge in [0.15, 0.2) is 0 Å². The summed E-state index contributed by atoms with van der Waals surface area (Å²) in [4.78, 5) is 0. The third-order valence-corrected chi connectivity index (χ3v) is 5.57. The molecular formula is C22H28Br2O4. The highest BCUT2D eigenvalue weighted by Gasteiger charge is 2.08. The molecule has 0 N–H and O–H groups in total. The quantitative estimate of drug-likeness (QED) is 0.268. The number of unbranched alkanes of at least 4 members (excludes halogenated alkanes) is 5. The summed E-state index contributed by atoms with van der Waals surface area (Å²) < 4.78 is 23.8. The van der Waals surface area contributed by atoms with Crippen LogP contribution in [0.25, 0.3) is 0 Å². The van der Waals surface area contributed by atoms with E-state index in [4.69, 9.17) is 18.9 Å². The van der Waals surface area contributed by atoms with Crippen LogP contribution >= 0.6 is 31.9 Å². The lowest BCUT2D eigenvalue weighted by molar-refractivity contribution is 0.295. The van der Waals surface area contributed by atoms with Crippen molar-refractivity contribution in [2.24, 2.45) is 0 Å². The molecule has 2 aromatic rings. The Hall–Kier alpha value is -1.40. The number of hydrogen-bond acceptors (Lipinski definition) is 4. The zero-order chi connectivity index (χ0) is 20.2. The second-order valence-electron chi connectivity index (χ2n) is 6.41. The van der Waals surface area contributed by atoms with Crippen LogP contribution in [0, 0.1) is 0 Å². The SMILES string of the molecule is COc1ccc(OCCCCCCCCOc2cc(Br)c(OC)cc2Br)cc1. The molecule has 0 spiro atoms. The molecule has 0 saturated carbocycles. The van der Waals surface area contributed by atoms with Crippen LogP contribution in [0.4, 0.5) is 0 Å². The van der Waals surface area contributed by atoms with Gasteiger partial charge in [0, 0.05) is 0 Å². The molecule has 0 atom stereocenters. The van der Waals surface area contributed by atoms with Crippen molar-refractivity contribution >= 4 is 31.9 Å². The summed E-state index contributed by atoms with van der Waals surface area (Å²) in [6, 6.07) is 11.6. The summed E-state index contributed by atoms with van der Waals surface area (Å²) in [6.45, 7) is 1.48. The third kappa shape index (κ3) is 7.92. The Morgan fingerprint density at radius 2 is 1.11 bits per heavy atom. The average Bonchev–Trinajstić information content (AvgIpc) is 2.71. The fourth-order valence-corrected chi connectivity index (χ4v) is 3.65. The summed E-state index contributed by atoms with van der Waals surface area (Å²) in [7, 11) is 3.32. The molecule has 0 amide bonds. The largest absolute Gasteiger partial charge is 0.497 e. The van der Waals surface area contributed by atoms with Gasteiger partial charge in [0.1, 0.15) is 23.0 Å². The molecule has 0 aliphatic carbocycles. The number of ether oxygens (including phenoxy) is 4. The normalized spacial score (nSPS) is 10.6. The first-order valence-electron chi connectivity index (χ1n) is 9.56. The molecule has 0 radical (unpaired) electrons. The number of rotatable bonds is 13. The smallest absolute Gasteiger partial charge is 0.134 e. The summed E-state index contributed by atoms with van der Waals surface area (Å²) >= 11 is 7.01. The van der Waals surface area contributed by atoms with E-state index in [1.54, 1.807) is 14.2 Å². The maximum absolute atomic E-state index is 5.87. The van der Waals surface area contributed by atoms with E-state index in [9.17, 15) is 0 Å².